The van der Waals surface area contributed by atoms with E-state index in [0.717, 1.165) is 43.0 Å². The summed E-state index contributed by atoms with van der Waals surface area (Å²) in [4.78, 5) is 14.5. The fourth-order valence-electron chi connectivity index (χ4n) is 2.65. The Kier molecular flexibility index (Phi) is 8.48. The molecular weight excluding hydrogens is 292 g/mol. The molecule has 1 aromatic carbocycles. The third kappa shape index (κ3) is 6.10. The topological polar surface area (TPSA) is 50.8 Å². The third-order valence-electron chi connectivity index (χ3n) is 3.73. The van der Waals surface area contributed by atoms with Crippen LogP contribution in [0.15, 0.2) is 18.2 Å². The van der Waals surface area contributed by atoms with Crippen LogP contribution in [0.25, 0.3) is 0 Å². The highest BCUT2D eigenvalue weighted by molar-refractivity contribution is 5.78. The lowest BCUT2D eigenvalue weighted by Gasteiger charge is -2.23. The first kappa shape index (κ1) is 19.3. The van der Waals surface area contributed by atoms with Crippen molar-refractivity contribution in [3.05, 3.63) is 23.8 Å². The van der Waals surface area contributed by atoms with Crippen LogP contribution >= 0.6 is 0 Å². The second-order valence-corrected chi connectivity index (χ2v) is 5.67. The largest absolute Gasteiger partial charge is 0.497 e. The van der Waals surface area contributed by atoms with E-state index >= 15 is 0 Å². The highest BCUT2D eigenvalue weighted by Crippen LogP contribution is 2.29. The number of methoxy groups -OCH3 is 2. The van der Waals surface area contributed by atoms with E-state index in [-0.39, 0.29) is 11.9 Å². The standard InChI is InChI=1S/C18H30N2O3/c1-6-10-20(11-7-2)13-18(21)19-14(3)16-12-15(22-4)8-9-17(16)23-5/h8-9,12,14H,6-7,10-11,13H2,1-5H3,(H,19,21). The smallest absolute Gasteiger partial charge is 0.234 e. The molecule has 23 heavy (non-hydrogen) atoms. The molecule has 1 unspecified atom stereocenters. The molecule has 0 fully saturated rings. The number of carbonyl (C=O) groups is 1. The molecule has 1 amide bonds. The number of ether oxygens (including phenoxy) is 2. The Hall–Kier alpha value is -1.75. The first-order valence-corrected chi connectivity index (χ1v) is 8.29. The van der Waals surface area contributed by atoms with E-state index < -0.39 is 0 Å². The zero-order valence-electron chi connectivity index (χ0n) is 15.0. The molecule has 0 saturated heterocycles. The van der Waals surface area contributed by atoms with Gasteiger partial charge in [-0.15, -0.1) is 0 Å². The van der Waals surface area contributed by atoms with Crippen molar-refractivity contribution in [1.82, 2.24) is 10.2 Å². The summed E-state index contributed by atoms with van der Waals surface area (Å²) in [6, 6.07) is 5.47. The molecule has 0 aliphatic carbocycles. The highest BCUT2D eigenvalue weighted by atomic mass is 16.5. The Labute approximate surface area is 140 Å². The fraction of sp³-hybridized carbons (Fsp3) is 0.611. The number of nitrogens with zero attached hydrogens (tertiary/aromatic N) is 1. The van der Waals surface area contributed by atoms with Crippen LogP contribution in [0.3, 0.4) is 0 Å². The Bertz CT molecular complexity index is 485. The molecular formula is C18H30N2O3. The van der Waals surface area contributed by atoms with E-state index in [0.29, 0.717) is 6.54 Å². The molecule has 1 atom stereocenters. The lowest BCUT2D eigenvalue weighted by atomic mass is 10.1. The van der Waals surface area contributed by atoms with Gasteiger partial charge in [0.05, 0.1) is 26.8 Å². The molecule has 1 N–H and O–H groups in total. The Morgan fingerprint density at radius 1 is 1.17 bits per heavy atom. The average molecular weight is 322 g/mol. The maximum absolute atomic E-state index is 12.3. The van der Waals surface area contributed by atoms with Crippen LogP contribution < -0.4 is 14.8 Å². The predicted octanol–water partition coefficient (Wildman–Crippen LogP) is 3.00. The fourth-order valence-corrected chi connectivity index (χ4v) is 2.65. The third-order valence-corrected chi connectivity index (χ3v) is 3.73. The van der Waals surface area contributed by atoms with Gasteiger partial charge in [0.25, 0.3) is 0 Å². The molecule has 0 radical (unpaired) electrons. The highest BCUT2D eigenvalue weighted by Gasteiger charge is 2.16. The van der Waals surface area contributed by atoms with Gasteiger partial charge in [-0.3, -0.25) is 9.69 Å². The van der Waals surface area contributed by atoms with Gasteiger partial charge in [-0.2, -0.15) is 0 Å². The normalized spacial score (nSPS) is 12.1. The minimum Gasteiger partial charge on any atom is -0.497 e. The van der Waals surface area contributed by atoms with Gasteiger partial charge in [0.1, 0.15) is 11.5 Å². The van der Waals surface area contributed by atoms with Crippen LogP contribution in [0.2, 0.25) is 0 Å². The summed E-state index contributed by atoms with van der Waals surface area (Å²) in [5.41, 5.74) is 0.915. The molecule has 0 aromatic heterocycles. The van der Waals surface area contributed by atoms with Crippen LogP contribution in [0, 0.1) is 0 Å². The van der Waals surface area contributed by atoms with Gasteiger partial charge in [-0.1, -0.05) is 13.8 Å². The minimum atomic E-state index is -0.141. The number of amides is 1. The summed E-state index contributed by atoms with van der Waals surface area (Å²) >= 11 is 0. The number of rotatable bonds is 10. The number of nitrogens with one attached hydrogen (secondary N) is 1. The van der Waals surface area contributed by atoms with E-state index in [1.807, 2.05) is 25.1 Å². The zero-order valence-corrected chi connectivity index (χ0v) is 15.0. The molecule has 1 rings (SSSR count). The van der Waals surface area contributed by atoms with Crippen LogP contribution in [0.4, 0.5) is 0 Å². The van der Waals surface area contributed by atoms with Crippen molar-refractivity contribution in [3.63, 3.8) is 0 Å². The summed E-state index contributed by atoms with van der Waals surface area (Å²) in [6.07, 6.45) is 2.10. The van der Waals surface area contributed by atoms with Crippen molar-refractivity contribution < 1.29 is 14.3 Å². The number of hydrogen-bond acceptors (Lipinski definition) is 4. The Morgan fingerprint density at radius 3 is 2.35 bits per heavy atom. The van der Waals surface area contributed by atoms with Crippen molar-refractivity contribution in [2.24, 2.45) is 0 Å². The maximum Gasteiger partial charge on any atom is 0.234 e. The summed E-state index contributed by atoms with van der Waals surface area (Å²) in [5, 5.41) is 3.05. The molecule has 0 heterocycles. The second-order valence-electron chi connectivity index (χ2n) is 5.67. The number of carbonyl (C=O) groups excluding carboxylic acids is 1. The van der Waals surface area contributed by atoms with Crippen LogP contribution in [0.1, 0.15) is 45.2 Å². The van der Waals surface area contributed by atoms with Crippen LogP contribution in [-0.4, -0.2) is 44.7 Å². The van der Waals surface area contributed by atoms with Crippen molar-refractivity contribution in [1.29, 1.82) is 0 Å². The van der Waals surface area contributed by atoms with E-state index in [9.17, 15) is 4.79 Å². The molecule has 1 aromatic rings. The lowest BCUT2D eigenvalue weighted by Crippen LogP contribution is -2.39. The van der Waals surface area contributed by atoms with E-state index in [4.69, 9.17) is 9.47 Å². The quantitative estimate of drug-likeness (QED) is 0.719. The molecule has 0 bridgehead atoms. The number of benzene rings is 1. The minimum absolute atomic E-state index is 0.0317. The molecule has 0 saturated carbocycles. The van der Waals surface area contributed by atoms with E-state index in [1.54, 1.807) is 14.2 Å². The van der Waals surface area contributed by atoms with Crippen molar-refractivity contribution in [3.8, 4) is 11.5 Å². The van der Waals surface area contributed by atoms with Gasteiger partial charge in [-0.25, -0.2) is 0 Å². The summed E-state index contributed by atoms with van der Waals surface area (Å²) < 4.78 is 10.6. The molecule has 5 heteroatoms. The van der Waals surface area contributed by atoms with Gasteiger partial charge >= 0.3 is 0 Å². The lowest BCUT2D eigenvalue weighted by molar-refractivity contribution is -0.122. The average Bonchev–Trinajstić information content (AvgIpc) is 2.54. The number of hydrogen-bond donors (Lipinski definition) is 1. The van der Waals surface area contributed by atoms with Gasteiger partial charge in [0, 0.05) is 5.56 Å². The SMILES string of the molecule is CCCN(CCC)CC(=O)NC(C)c1cc(OC)ccc1OC. The van der Waals surface area contributed by atoms with Gasteiger partial charge in [0.15, 0.2) is 0 Å². The van der Waals surface area contributed by atoms with Gasteiger partial charge in [-0.05, 0) is 51.1 Å². The summed E-state index contributed by atoms with van der Waals surface area (Å²) in [7, 11) is 3.26. The summed E-state index contributed by atoms with van der Waals surface area (Å²) in [5.74, 6) is 1.53. The molecule has 0 aliphatic rings. The van der Waals surface area contributed by atoms with Gasteiger partial charge < -0.3 is 14.8 Å². The molecule has 0 aliphatic heterocycles. The summed E-state index contributed by atoms with van der Waals surface area (Å²) in [6.45, 7) is 8.53. The molecule has 130 valence electrons. The maximum atomic E-state index is 12.3. The van der Waals surface area contributed by atoms with E-state index in [1.165, 1.54) is 0 Å². The van der Waals surface area contributed by atoms with E-state index in [2.05, 4.69) is 24.1 Å². The van der Waals surface area contributed by atoms with Crippen LogP contribution in [0.5, 0.6) is 11.5 Å². The van der Waals surface area contributed by atoms with Crippen molar-refractivity contribution in [2.75, 3.05) is 33.9 Å². The first-order valence-electron chi connectivity index (χ1n) is 8.29. The van der Waals surface area contributed by atoms with Crippen molar-refractivity contribution in [2.45, 2.75) is 39.7 Å². The predicted molar refractivity (Wildman–Crippen MR) is 93.1 cm³/mol. The Balaban J connectivity index is 2.74. The van der Waals surface area contributed by atoms with Crippen LogP contribution in [-0.2, 0) is 4.79 Å². The molecule has 0 spiro atoms. The monoisotopic (exact) mass is 322 g/mol. The molecule has 5 nitrogen and oxygen atoms in total. The zero-order chi connectivity index (χ0) is 17.2. The van der Waals surface area contributed by atoms with Gasteiger partial charge in [0.2, 0.25) is 5.91 Å². The Morgan fingerprint density at radius 2 is 1.83 bits per heavy atom. The first-order chi connectivity index (χ1) is 11.0. The van der Waals surface area contributed by atoms with Crippen molar-refractivity contribution >= 4 is 5.91 Å². The second kappa shape index (κ2) is 10.1.